The number of carboxylic acids is 1. The van der Waals surface area contributed by atoms with Crippen molar-refractivity contribution in [3.8, 4) is 11.3 Å². The second-order valence-corrected chi connectivity index (χ2v) is 5.86. The van der Waals surface area contributed by atoms with Crippen molar-refractivity contribution in [3.63, 3.8) is 0 Å². The van der Waals surface area contributed by atoms with Crippen LogP contribution >= 0.6 is 15.9 Å². The van der Waals surface area contributed by atoms with E-state index in [9.17, 15) is 14.0 Å². The first-order valence-electron chi connectivity index (χ1n) is 7.10. The van der Waals surface area contributed by atoms with Gasteiger partial charge in [-0.1, -0.05) is 0 Å². The van der Waals surface area contributed by atoms with E-state index in [0.717, 1.165) is 6.07 Å². The van der Waals surface area contributed by atoms with Crippen molar-refractivity contribution in [2.24, 2.45) is 0 Å². The molecule has 0 aliphatic heterocycles. The smallest absolute Gasteiger partial charge is 0.337 e. The van der Waals surface area contributed by atoms with Crippen molar-refractivity contribution in [1.29, 1.82) is 0 Å². The quantitative estimate of drug-likeness (QED) is 0.669. The molecule has 0 aliphatic carbocycles. The van der Waals surface area contributed by atoms with Crippen LogP contribution in [0, 0.1) is 5.82 Å². The van der Waals surface area contributed by atoms with E-state index in [1.54, 1.807) is 12.1 Å². The number of anilines is 1. The highest BCUT2D eigenvalue weighted by atomic mass is 79.9. The van der Waals surface area contributed by atoms with Crippen molar-refractivity contribution in [1.82, 2.24) is 20.4 Å². The van der Waals surface area contributed by atoms with Gasteiger partial charge in [0.05, 0.1) is 33.8 Å². The van der Waals surface area contributed by atoms with Crippen LogP contribution in [-0.2, 0) is 0 Å². The lowest BCUT2D eigenvalue weighted by Crippen LogP contribution is -2.17. The number of halogens is 2. The summed E-state index contributed by atoms with van der Waals surface area (Å²) in [5, 5.41) is 26.7. The molecule has 3 aromatic rings. The zero-order valence-electron chi connectivity index (χ0n) is 12.8. The minimum Gasteiger partial charge on any atom is -0.478 e. The summed E-state index contributed by atoms with van der Waals surface area (Å²) in [6, 6.07) is 6.66. The van der Waals surface area contributed by atoms with Crippen LogP contribution in [0.25, 0.3) is 11.3 Å². The molecule has 2 N–H and O–H groups in total. The number of hydrogen-bond acceptors (Lipinski definition) is 6. The lowest BCUT2D eigenvalue weighted by molar-refractivity contribution is 0.0697. The molecule has 10 heteroatoms. The van der Waals surface area contributed by atoms with E-state index in [-0.39, 0.29) is 21.4 Å². The number of aromatic carboxylic acids is 1. The number of nitrogens with zero attached hydrogens (tertiary/aromatic N) is 4. The second kappa shape index (κ2) is 7.31. The maximum Gasteiger partial charge on any atom is 0.337 e. The Balaban J connectivity index is 1.85. The van der Waals surface area contributed by atoms with Gasteiger partial charge in [-0.25, -0.2) is 9.18 Å². The van der Waals surface area contributed by atoms with Gasteiger partial charge in [-0.05, 0) is 46.3 Å². The Labute approximate surface area is 154 Å². The third kappa shape index (κ3) is 3.70. The Morgan fingerprint density at radius 1 is 1.12 bits per heavy atom. The topological polar surface area (TPSA) is 118 Å². The zero-order chi connectivity index (χ0) is 18.7. The lowest BCUT2D eigenvalue weighted by Gasteiger charge is -2.09. The first kappa shape index (κ1) is 17.5. The number of aromatic nitrogens is 4. The largest absolute Gasteiger partial charge is 0.478 e. The van der Waals surface area contributed by atoms with E-state index in [1.807, 2.05) is 0 Å². The number of rotatable bonds is 4. The van der Waals surface area contributed by atoms with Gasteiger partial charge in [0, 0.05) is 5.56 Å². The maximum atomic E-state index is 13.5. The lowest BCUT2D eigenvalue weighted by atomic mass is 10.1. The van der Waals surface area contributed by atoms with Gasteiger partial charge in [0.25, 0.3) is 5.91 Å². The number of amides is 1. The van der Waals surface area contributed by atoms with Crippen LogP contribution in [0.1, 0.15) is 20.8 Å². The molecule has 130 valence electrons. The Bertz CT molecular complexity index is 983. The monoisotopic (exact) mass is 417 g/mol. The third-order valence-corrected chi connectivity index (χ3v) is 3.92. The molecule has 0 bridgehead atoms. The van der Waals surface area contributed by atoms with Crippen LogP contribution in [0.4, 0.5) is 10.1 Å². The molecule has 0 saturated carbocycles. The van der Waals surface area contributed by atoms with Gasteiger partial charge in [0.15, 0.2) is 5.69 Å². The summed E-state index contributed by atoms with van der Waals surface area (Å²) in [5.41, 5.74) is 0.682. The van der Waals surface area contributed by atoms with Gasteiger partial charge < -0.3 is 10.4 Å². The molecule has 2 heterocycles. The summed E-state index contributed by atoms with van der Waals surface area (Å²) in [5.74, 6) is -2.81. The van der Waals surface area contributed by atoms with Gasteiger partial charge in [0.2, 0.25) is 0 Å². The molecule has 0 atom stereocenters. The minimum atomic E-state index is -1.38. The fraction of sp³-hybridized carbons (Fsp3) is 0. The Hall–Kier alpha value is -3.27. The molecule has 0 fully saturated rings. The standard InChI is InChI=1S/C16H9BrFN5O3/c17-10-6-14(9(16(25)26)5-11(10)18)21-15(24)13-2-1-12(22-23-13)8-3-4-19-20-7-8/h1-7H,(H,21,24)(H,25,26). The second-order valence-electron chi connectivity index (χ2n) is 5.01. The van der Waals surface area contributed by atoms with Gasteiger partial charge >= 0.3 is 5.97 Å². The molecular weight excluding hydrogens is 409 g/mol. The number of hydrogen-bond donors (Lipinski definition) is 2. The van der Waals surface area contributed by atoms with Crippen molar-refractivity contribution >= 4 is 33.5 Å². The van der Waals surface area contributed by atoms with Crippen LogP contribution in [-0.4, -0.2) is 37.4 Å². The molecule has 0 aliphatic rings. The predicted octanol–water partition coefficient (Wildman–Crippen LogP) is 2.79. The highest BCUT2D eigenvalue weighted by Gasteiger charge is 2.18. The fourth-order valence-electron chi connectivity index (χ4n) is 2.06. The van der Waals surface area contributed by atoms with Crippen LogP contribution in [0.15, 0.2) is 47.2 Å². The van der Waals surface area contributed by atoms with E-state index in [1.165, 1.54) is 24.5 Å². The molecule has 3 rings (SSSR count). The Kier molecular flexibility index (Phi) is 4.94. The molecule has 26 heavy (non-hydrogen) atoms. The van der Waals surface area contributed by atoms with E-state index in [4.69, 9.17) is 5.11 Å². The summed E-state index contributed by atoms with van der Waals surface area (Å²) in [6.07, 6.45) is 3.00. The van der Waals surface area contributed by atoms with Crippen molar-refractivity contribution in [2.45, 2.75) is 0 Å². The van der Waals surface area contributed by atoms with Crippen molar-refractivity contribution < 1.29 is 19.1 Å². The van der Waals surface area contributed by atoms with Crippen molar-refractivity contribution in [3.05, 3.63) is 64.3 Å². The van der Waals surface area contributed by atoms with Gasteiger partial charge in [0.1, 0.15) is 5.82 Å². The molecule has 0 unspecified atom stereocenters. The van der Waals surface area contributed by atoms with E-state index in [0.29, 0.717) is 11.3 Å². The Morgan fingerprint density at radius 2 is 1.92 bits per heavy atom. The van der Waals surface area contributed by atoms with Crippen LogP contribution in [0.5, 0.6) is 0 Å². The van der Waals surface area contributed by atoms with Crippen LogP contribution in [0.3, 0.4) is 0 Å². The Morgan fingerprint density at radius 3 is 2.54 bits per heavy atom. The van der Waals surface area contributed by atoms with Gasteiger partial charge in [-0.2, -0.15) is 10.2 Å². The van der Waals surface area contributed by atoms with Crippen LogP contribution < -0.4 is 5.32 Å². The average molecular weight is 418 g/mol. The summed E-state index contributed by atoms with van der Waals surface area (Å²) < 4.78 is 13.5. The fourth-order valence-corrected chi connectivity index (χ4v) is 2.41. The van der Waals surface area contributed by atoms with Gasteiger partial charge in [-0.3, -0.25) is 4.79 Å². The predicted molar refractivity (Wildman–Crippen MR) is 92.1 cm³/mol. The molecule has 0 spiro atoms. The summed E-state index contributed by atoms with van der Waals surface area (Å²) in [6.45, 7) is 0. The summed E-state index contributed by atoms with van der Waals surface area (Å²) >= 11 is 2.95. The van der Waals surface area contributed by atoms with E-state index in [2.05, 4.69) is 41.6 Å². The van der Waals surface area contributed by atoms with Crippen LogP contribution in [0.2, 0.25) is 0 Å². The van der Waals surface area contributed by atoms with E-state index >= 15 is 0 Å². The number of carbonyl (C=O) groups is 2. The molecule has 8 nitrogen and oxygen atoms in total. The first-order chi connectivity index (χ1) is 12.5. The third-order valence-electron chi connectivity index (χ3n) is 3.32. The first-order valence-corrected chi connectivity index (χ1v) is 7.89. The number of nitrogens with one attached hydrogen (secondary N) is 1. The molecular formula is C16H9BrFN5O3. The molecule has 0 radical (unpaired) electrons. The summed E-state index contributed by atoms with van der Waals surface area (Å²) in [4.78, 5) is 23.5. The maximum absolute atomic E-state index is 13.5. The zero-order valence-corrected chi connectivity index (χ0v) is 14.4. The summed E-state index contributed by atoms with van der Waals surface area (Å²) in [7, 11) is 0. The highest BCUT2D eigenvalue weighted by Crippen LogP contribution is 2.25. The van der Waals surface area contributed by atoms with Gasteiger partial charge in [-0.15, -0.1) is 10.2 Å². The van der Waals surface area contributed by atoms with Crippen molar-refractivity contribution in [2.75, 3.05) is 5.32 Å². The minimum absolute atomic E-state index is 0.0180. The molecule has 2 aromatic heterocycles. The molecule has 1 amide bonds. The normalized spacial score (nSPS) is 10.4. The number of carbonyl (C=O) groups excluding carboxylic acids is 1. The molecule has 0 saturated heterocycles. The highest BCUT2D eigenvalue weighted by molar-refractivity contribution is 9.10. The average Bonchev–Trinajstić information content (AvgIpc) is 2.65. The van der Waals surface area contributed by atoms with E-state index < -0.39 is 17.7 Å². The number of benzene rings is 1. The SMILES string of the molecule is O=C(Nc1cc(Br)c(F)cc1C(=O)O)c1ccc(-c2ccnnc2)nn1. The number of carboxylic acid groups (broad SMARTS) is 1. The molecule has 1 aromatic carbocycles.